The average Bonchev–Trinajstić information content (AvgIpc) is 2.28. The first kappa shape index (κ1) is 13.5. The summed E-state index contributed by atoms with van der Waals surface area (Å²) in [7, 11) is 0. The Morgan fingerprint density at radius 2 is 2.18 bits per heavy atom. The van der Waals surface area contributed by atoms with Gasteiger partial charge in [-0.3, -0.25) is 4.79 Å². The van der Waals surface area contributed by atoms with Crippen molar-refractivity contribution in [3.05, 3.63) is 29.3 Å². The minimum Gasteiger partial charge on any atom is -0.494 e. The monoisotopic (exact) mass is 236 g/mol. The summed E-state index contributed by atoms with van der Waals surface area (Å²) in [5.74, 6) is 0.459. The standard InChI is InChI=1S/C13H20N2O2/c1-3-17-12-6-4-9(2)8-10(12)11(14)5-7-13(15)16/h4,6,8,11H,3,5,7,14H2,1-2H3,(H2,15,16). The van der Waals surface area contributed by atoms with Crippen LogP contribution in [0.3, 0.4) is 0 Å². The van der Waals surface area contributed by atoms with E-state index in [4.69, 9.17) is 16.2 Å². The number of carbonyl (C=O) groups excluding carboxylic acids is 1. The molecule has 94 valence electrons. The van der Waals surface area contributed by atoms with Crippen LogP contribution < -0.4 is 16.2 Å². The third-order valence-electron chi connectivity index (χ3n) is 2.57. The molecule has 0 aliphatic heterocycles. The van der Waals surface area contributed by atoms with E-state index in [2.05, 4.69) is 0 Å². The van der Waals surface area contributed by atoms with Gasteiger partial charge in [0.25, 0.3) is 0 Å². The van der Waals surface area contributed by atoms with Crippen molar-refractivity contribution in [2.24, 2.45) is 11.5 Å². The van der Waals surface area contributed by atoms with Crippen LogP contribution >= 0.6 is 0 Å². The van der Waals surface area contributed by atoms with Crippen LogP contribution in [0.4, 0.5) is 0 Å². The Bertz CT molecular complexity index is 391. The predicted molar refractivity (Wildman–Crippen MR) is 67.7 cm³/mol. The summed E-state index contributed by atoms with van der Waals surface area (Å²) < 4.78 is 5.52. The lowest BCUT2D eigenvalue weighted by molar-refractivity contribution is -0.118. The third kappa shape index (κ3) is 4.07. The molecule has 0 aliphatic carbocycles. The molecule has 4 nitrogen and oxygen atoms in total. The molecule has 17 heavy (non-hydrogen) atoms. The first-order valence-corrected chi connectivity index (χ1v) is 5.81. The normalized spacial score (nSPS) is 12.2. The highest BCUT2D eigenvalue weighted by Gasteiger charge is 2.13. The third-order valence-corrected chi connectivity index (χ3v) is 2.57. The van der Waals surface area contributed by atoms with Crippen molar-refractivity contribution in [1.82, 2.24) is 0 Å². The largest absolute Gasteiger partial charge is 0.494 e. The Balaban J connectivity index is 2.85. The quantitative estimate of drug-likeness (QED) is 0.788. The summed E-state index contributed by atoms with van der Waals surface area (Å²) in [5, 5.41) is 0. The van der Waals surface area contributed by atoms with Crippen LogP contribution in [0.15, 0.2) is 18.2 Å². The topological polar surface area (TPSA) is 78.3 Å². The lowest BCUT2D eigenvalue weighted by atomic mass is 10.00. The highest BCUT2D eigenvalue weighted by atomic mass is 16.5. The first-order valence-electron chi connectivity index (χ1n) is 5.81. The Morgan fingerprint density at radius 1 is 1.47 bits per heavy atom. The van der Waals surface area contributed by atoms with Gasteiger partial charge in [0, 0.05) is 18.0 Å². The summed E-state index contributed by atoms with van der Waals surface area (Å²) in [6.07, 6.45) is 0.833. The Morgan fingerprint density at radius 3 is 2.76 bits per heavy atom. The average molecular weight is 236 g/mol. The smallest absolute Gasteiger partial charge is 0.217 e. The Labute approximate surface area is 102 Å². The molecule has 0 aliphatic rings. The van der Waals surface area contributed by atoms with E-state index in [0.29, 0.717) is 19.4 Å². The number of benzene rings is 1. The maximum atomic E-state index is 10.7. The van der Waals surface area contributed by atoms with Crippen LogP contribution in [0.1, 0.15) is 36.9 Å². The van der Waals surface area contributed by atoms with E-state index in [-0.39, 0.29) is 11.9 Å². The molecule has 0 radical (unpaired) electrons. The van der Waals surface area contributed by atoms with Crippen LogP contribution in [0.2, 0.25) is 0 Å². The van der Waals surface area contributed by atoms with Gasteiger partial charge >= 0.3 is 0 Å². The van der Waals surface area contributed by atoms with Crippen LogP contribution in [0.25, 0.3) is 0 Å². The van der Waals surface area contributed by atoms with Crippen molar-refractivity contribution < 1.29 is 9.53 Å². The summed E-state index contributed by atoms with van der Waals surface area (Å²) in [6.45, 7) is 4.53. The van der Waals surface area contributed by atoms with Crippen LogP contribution in [0, 0.1) is 6.92 Å². The summed E-state index contributed by atoms with van der Waals surface area (Å²) in [5.41, 5.74) is 13.2. The van der Waals surface area contributed by atoms with E-state index in [9.17, 15) is 4.79 Å². The fourth-order valence-corrected chi connectivity index (χ4v) is 1.70. The molecule has 4 N–H and O–H groups in total. The van der Waals surface area contributed by atoms with Crippen molar-refractivity contribution in [2.75, 3.05) is 6.61 Å². The maximum Gasteiger partial charge on any atom is 0.217 e. The molecule has 1 unspecified atom stereocenters. The Kier molecular flexibility index (Phi) is 4.97. The van der Waals surface area contributed by atoms with Crippen molar-refractivity contribution in [1.29, 1.82) is 0 Å². The maximum absolute atomic E-state index is 10.7. The summed E-state index contributed by atoms with van der Waals surface area (Å²) in [4.78, 5) is 10.7. The van der Waals surface area contributed by atoms with Crippen LogP contribution in [-0.4, -0.2) is 12.5 Å². The van der Waals surface area contributed by atoms with E-state index in [1.165, 1.54) is 0 Å². The number of aryl methyl sites for hydroxylation is 1. The fraction of sp³-hybridized carbons (Fsp3) is 0.462. The number of amides is 1. The zero-order valence-electron chi connectivity index (χ0n) is 10.4. The molecule has 4 heteroatoms. The summed E-state index contributed by atoms with van der Waals surface area (Å²) in [6, 6.07) is 5.67. The van der Waals surface area contributed by atoms with Gasteiger partial charge in [0.2, 0.25) is 5.91 Å². The number of hydrogen-bond donors (Lipinski definition) is 2. The lowest BCUT2D eigenvalue weighted by Crippen LogP contribution is -2.17. The molecular formula is C13H20N2O2. The molecule has 0 aromatic heterocycles. The van der Waals surface area contributed by atoms with Gasteiger partial charge < -0.3 is 16.2 Å². The fourth-order valence-electron chi connectivity index (χ4n) is 1.70. The van der Waals surface area contributed by atoms with Crippen molar-refractivity contribution in [2.45, 2.75) is 32.7 Å². The minimum absolute atomic E-state index is 0.219. The lowest BCUT2D eigenvalue weighted by Gasteiger charge is -2.16. The second kappa shape index (κ2) is 6.25. The summed E-state index contributed by atoms with van der Waals surface area (Å²) >= 11 is 0. The van der Waals surface area contributed by atoms with E-state index < -0.39 is 0 Å². The SMILES string of the molecule is CCOc1ccc(C)cc1C(N)CCC(N)=O. The number of hydrogen-bond acceptors (Lipinski definition) is 3. The molecule has 0 saturated carbocycles. The number of nitrogens with two attached hydrogens (primary N) is 2. The molecule has 1 rings (SSSR count). The molecule has 1 aromatic carbocycles. The molecule has 1 amide bonds. The van der Waals surface area contributed by atoms with E-state index >= 15 is 0 Å². The van der Waals surface area contributed by atoms with Crippen molar-refractivity contribution in [3.63, 3.8) is 0 Å². The molecule has 1 aromatic rings. The van der Waals surface area contributed by atoms with Gasteiger partial charge in [0.05, 0.1) is 6.61 Å². The molecule has 0 bridgehead atoms. The zero-order valence-corrected chi connectivity index (χ0v) is 10.4. The molecule has 0 spiro atoms. The number of rotatable bonds is 6. The molecule has 1 atom stereocenters. The van der Waals surface area contributed by atoms with Crippen molar-refractivity contribution in [3.8, 4) is 5.75 Å². The highest BCUT2D eigenvalue weighted by Crippen LogP contribution is 2.27. The van der Waals surface area contributed by atoms with Crippen molar-refractivity contribution >= 4 is 5.91 Å². The van der Waals surface area contributed by atoms with Gasteiger partial charge in [0.15, 0.2) is 0 Å². The first-order chi connectivity index (χ1) is 8.04. The number of carbonyl (C=O) groups is 1. The van der Waals surface area contributed by atoms with Gasteiger partial charge in [-0.25, -0.2) is 0 Å². The minimum atomic E-state index is -0.328. The van der Waals surface area contributed by atoms with Crippen LogP contribution in [-0.2, 0) is 4.79 Å². The van der Waals surface area contributed by atoms with Gasteiger partial charge in [-0.2, -0.15) is 0 Å². The predicted octanol–water partition coefficient (Wildman–Crippen LogP) is 1.66. The second-order valence-corrected chi connectivity index (χ2v) is 4.09. The highest BCUT2D eigenvalue weighted by molar-refractivity contribution is 5.73. The molecular weight excluding hydrogens is 216 g/mol. The molecule has 0 heterocycles. The van der Waals surface area contributed by atoms with Crippen LogP contribution in [0.5, 0.6) is 5.75 Å². The van der Waals surface area contributed by atoms with Gasteiger partial charge in [-0.1, -0.05) is 17.7 Å². The molecule has 0 fully saturated rings. The number of ether oxygens (including phenoxy) is 1. The molecule has 0 saturated heterocycles. The van der Waals surface area contributed by atoms with Gasteiger partial charge in [-0.15, -0.1) is 0 Å². The van der Waals surface area contributed by atoms with E-state index in [1.807, 2.05) is 32.0 Å². The number of primary amides is 1. The Hall–Kier alpha value is -1.55. The second-order valence-electron chi connectivity index (χ2n) is 4.09. The van der Waals surface area contributed by atoms with E-state index in [1.54, 1.807) is 0 Å². The van der Waals surface area contributed by atoms with Gasteiger partial charge in [-0.05, 0) is 26.3 Å². The van der Waals surface area contributed by atoms with E-state index in [0.717, 1.165) is 16.9 Å². The zero-order chi connectivity index (χ0) is 12.8. The van der Waals surface area contributed by atoms with Gasteiger partial charge in [0.1, 0.15) is 5.75 Å².